The molecule has 11 nitrogen and oxygen atoms in total. The number of hydrogen-bond acceptors (Lipinski definition) is 9. The molecule has 2 fully saturated rings. The highest BCUT2D eigenvalue weighted by Crippen LogP contribution is 2.60. The van der Waals surface area contributed by atoms with E-state index in [1.165, 1.54) is 12.8 Å². The Morgan fingerprint density at radius 1 is 1.05 bits per heavy atom. The first-order valence-corrected chi connectivity index (χ1v) is 14.1. The van der Waals surface area contributed by atoms with Crippen molar-refractivity contribution in [1.82, 2.24) is 10.2 Å². The van der Waals surface area contributed by atoms with Crippen LogP contribution in [0.4, 0.5) is 5.69 Å². The second-order valence-corrected chi connectivity index (χ2v) is 13.1. The normalized spacial score (nSPS) is 30.0. The Morgan fingerprint density at radius 3 is 2.27 bits per heavy atom. The number of aliphatic hydroxyl groups excluding tert-OH is 2. The lowest BCUT2D eigenvalue weighted by atomic mass is 9.59. The number of aromatic hydroxyl groups is 1. The van der Waals surface area contributed by atoms with Crippen LogP contribution in [-0.2, 0) is 22.4 Å². The second kappa shape index (κ2) is 8.96. The Kier molecular flexibility index (Phi) is 6.03. The number of fused-ring (bicyclic) bond motifs is 3. The van der Waals surface area contributed by atoms with E-state index in [1.54, 1.807) is 25.1 Å². The Balaban J connectivity index is 1.43. The monoisotopic (exact) mass is 566 g/mol. The number of allylic oxidation sites excluding steroid dienone is 1. The summed E-state index contributed by atoms with van der Waals surface area (Å²) in [4.78, 5) is 42.2. The second-order valence-electron chi connectivity index (χ2n) is 13.1. The van der Waals surface area contributed by atoms with E-state index in [4.69, 9.17) is 5.73 Å². The summed E-state index contributed by atoms with van der Waals surface area (Å²) in [5, 5.41) is 49.0. The van der Waals surface area contributed by atoms with E-state index in [2.05, 4.69) is 5.32 Å². The molecule has 0 saturated heterocycles. The highest BCUT2D eigenvalue weighted by atomic mass is 16.4. The molecule has 6 rings (SSSR count). The van der Waals surface area contributed by atoms with Gasteiger partial charge in [-0.15, -0.1) is 0 Å². The van der Waals surface area contributed by atoms with Gasteiger partial charge in [0.05, 0.1) is 11.6 Å². The number of phenolic OH excluding ortho intramolecular Hbond substituents is 1. The molecule has 5 aliphatic carbocycles. The van der Waals surface area contributed by atoms with Gasteiger partial charge in [0.15, 0.2) is 11.4 Å². The number of rotatable bonds is 5. The average Bonchev–Trinajstić information content (AvgIpc) is 3.66. The van der Waals surface area contributed by atoms with Gasteiger partial charge in [-0.05, 0) is 81.2 Å². The third-order valence-electron chi connectivity index (χ3n) is 10.2. The number of primary amides is 1. The number of amides is 2. The third kappa shape index (κ3) is 3.89. The van der Waals surface area contributed by atoms with Gasteiger partial charge in [-0.2, -0.15) is 0 Å². The molecule has 2 saturated carbocycles. The van der Waals surface area contributed by atoms with E-state index < -0.39 is 46.3 Å². The lowest BCUT2D eigenvalue weighted by Crippen LogP contribution is -2.62. The molecule has 0 aromatic heterocycles. The zero-order chi connectivity index (χ0) is 29.8. The maximum Gasteiger partial charge on any atom is 0.255 e. The fourth-order valence-electron chi connectivity index (χ4n) is 7.90. The number of anilines is 1. The topological polar surface area (TPSA) is 177 Å². The van der Waals surface area contributed by atoms with Crippen molar-refractivity contribution in [3.05, 3.63) is 45.4 Å². The zero-order valence-electron chi connectivity index (χ0n) is 23.8. The minimum Gasteiger partial charge on any atom is -0.509 e. The first-order chi connectivity index (χ1) is 19.2. The molecule has 1 aromatic rings. The highest BCUT2D eigenvalue weighted by Gasteiger charge is 2.61. The fraction of sp³-hybridized carbons (Fsp3) is 0.567. The van der Waals surface area contributed by atoms with Crippen LogP contribution in [0.1, 0.15) is 53.6 Å². The summed E-state index contributed by atoms with van der Waals surface area (Å²) < 4.78 is 0. The minimum atomic E-state index is -2.41. The number of benzene rings is 1. The van der Waals surface area contributed by atoms with E-state index in [-0.39, 0.29) is 42.0 Å². The van der Waals surface area contributed by atoms with Crippen LogP contribution >= 0.6 is 0 Å². The van der Waals surface area contributed by atoms with Gasteiger partial charge in [-0.3, -0.25) is 19.3 Å². The summed E-state index contributed by atoms with van der Waals surface area (Å²) in [7, 11) is 6.96. The van der Waals surface area contributed by atoms with E-state index in [1.807, 2.05) is 19.0 Å². The van der Waals surface area contributed by atoms with Crippen LogP contribution in [0, 0.1) is 17.3 Å². The predicted molar refractivity (Wildman–Crippen MR) is 150 cm³/mol. The average molecular weight is 567 g/mol. The molecule has 11 heteroatoms. The summed E-state index contributed by atoms with van der Waals surface area (Å²) >= 11 is 0. The van der Waals surface area contributed by atoms with Gasteiger partial charge in [0.1, 0.15) is 22.8 Å². The van der Waals surface area contributed by atoms with Crippen LogP contribution in [0.2, 0.25) is 0 Å². The van der Waals surface area contributed by atoms with Gasteiger partial charge in [-0.1, -0.05) is 0 Å². The molecule has 2 amide bonds. The number of nitrogens with zero attached hydrogens (tertiary/aromatic N) is 2. The molecule has 4 atom stereocenters. The minimum absolute atomic E-state index is 0.0148. The van der Waals surface area contributed by atoms with E-state index in [0.29, 0.717) is 23.0 Å². The van der Waals surface area contributed by atoms with Crippen molar-refractivity contribution >= 4 is 23.3 Å². The first kappa shape index (κ1) is 27.6. The summed E-state index contributed by atoms with van der Waals surface area (Å²) in [6.07, 6.45) is 4.92. The van der Waals surface area contributed by atoms with Crippen LogP contribution in [0.15, 0.2) is 28.7 Å². The van der Waals surface area contributed by atoms with Crippen LogP contribution in [0.5, 0.6) is 5.75 Å². The Hall–Kier alpha value is -3.57. The van der Waals surface area contributed by atoms with Crippen molar-refractivity contribution in [1.29, 1.82) is 0 Å². The fourth-order valence-corrected chi connectivity index (χ4v) is 7.90. The number of aliphatic hydroxyl groups is 3. The standard InChI is InChI=1S/C30H38N4O7/c1-33(2)20-10-18(28(40)32-14-11-29(12-14)5-6-29)23(35)17-9-15-13(7-16(17)20)8-19-22(34(3)4)24(36)21(27(31)39)26(38)30(19,41)25(15)37/h10,13-14,19,22,35,37-38,41H,5-9,11-12H2,1-4H3,(H2,31,39)(H,32,40)/t13-,19-,22-,30-/m0/s1. The summed E-state index contributed by atoms with van der Waals surface area (Å²) in [5.74, 6) is -5.22. The molecule has 1 aromatic carbocycles. The van der Waals surface area contributed by atoms with Gasteiger partial charge in [-0.25, -0.2) is 0 Å². The van der Waals surface area contributed by atoms with Crippen LogP contribution in [-0.4, -0.2) is 88.8 Å². The molecule has 220 valence electrons. The number of likely N-dealkylation sites (N-methyl/N-ethyl adjacent to an activating group) is 1. The summed E-state index contributed by atoms with van der Waals surface area (Å²) in [5.41, 5.74) is 5.26. The number of nitrogens with one attached hydrogen (secondary N) is 1. The molecular formula is C30H38N4O7. The van der Waals surface area contributed by atoms with Crippen molar-refractivity contribution in [2.24, 2.45) is 23.0 Å². The van der Waals surface area contributed by atoms with E-state index in [9.17, 15) is 34.8 Å². The molecule has 0 unspecified atom stereocenters. The van der Waals surface area contributed by atoms with Crippen molar-refractivity contribution in [2.75, 3.05) is 33.1 Å². The lowest BCUT2D eigenvalue weighted by Gasteiger charge is -2.51. The van der Waals surface area contributed by atoms with Gasteiger partial charge < -0.3 is 36.4 Å². The Labute approximate surface area is 238 Å². The number of carbonyl (C=O) groups excluding carboxylic acids is 3. The van der Waals surface area contributed by atoms with Gasteiger partial charge in [0.25, 0.3) is 11.8 Å². The van der Waals surface area contributed by atoms with Gasteiger partial charge >= 0.3 is 0 Å². The number of Topliss-reactive ketones (excluding diaryl/α,β-unsaturated/α-hetero) is 1. The SMILES string of the molecule is CN(C)c1cc(C(=O)NC2CC3(CC3)C2)c(O)c2c1C[C@H]1C[C@H]3[C@H](N(C)C)C(=O)C(C(N)=O)=C(O)[C@@]3(O)C(O)=C1C2. The van der Waals surface area contributed by atoms with Crippen molar-refractivity contribution in [3.8, 4) is 5.75 Å². The molecule has 0 bridgehead atoms. The zero-order valence-corrected chi connectivity index (χ0v) is 23.8. The molecule has 0 radical (unpaired) electrons. The molecule has 41 heavy (non-hydrogen) atoms. The molecule has 1 spiro atoms. The van der Waals surface area contributed by atoms with E-state index >= 15 is 0 Å². The number of phenols is 1. The molecule has 7 N–H and O–H groups in total. The van der Waals surface area contributed by atoms with Gasteiger partial charge in [0, 0.05) is 43.7 Å². The van der Waals surface area contributed by atoms with Crippen molar-refractivity contribution in [2.45, 2.75) is 62.6 Å². The Morgan fingerprint density at radius 2 is 1.71 bits per heavy atom. The smallest absolute Gasteiger partial charge is 0.255 e. The highest BCUT2D eigenvalue weighted by molar-refractivity contribution is 6.22. The van der Waals surface area contributed by atoms with Gasteiger partial charge in [0.2, 0.25) is 0 Å². The molecule has 5 aliphatic rings. The molecule has 0 aliphatic heterocycles. The molecule has 0 heterocycles. The summed E-state index contributed by atoms with van der Waals surface area (Å²) in [6, 6.07) is 0.762. The number of ketones is 1. The number of hydrogen-bond donors (Lipinski definition) is 6. The van der Waals surface area contributed by atoms with Crippen LogP contribution in [0.3, 0.4) is 0 Å². The maximum absolute atomic E-state index is 13.3. The maximum atomic E-state index is 13.3. The molecular weight excluding hydrogens is 528 g/mol. The first-order valence-electron chi connectivity index (χ1n) is 14.1. The van der Waals surface area contributed by atoms with Crippen molar-refractivity contribution < 1.29 is 34.8 Å². The number of nitrogens with two attached hydrogens (primary N) is 1. The largest absolute Gasteiger partial charge is 0.509 e. The summed E-state index contributed by atoms with van der Waals surface area (Å²) in [6.45, 7) is 0. The third-order valence-corrected chi connectivity index (χ3v) is 10.2. The predicted octanol–water partition coefficient (Wildman–Crippen LogP) is 1.22. The van der Waals surface area contributed by atoms with Crippen LogP contribution < -0.4 is 16.0 Å². The quantitative estimate of drug-likeness (QED) is 0.286. The lowest BCUT2D eigenvalue weighted by molar-refractivity contribution is -0.136. The van der Waals surface area contributed by atoms with Crippen molar-refractivity contribution in [3.63, 3.8) is 0 Å². The Bertz CT molecular complexity index is 1450. The van der Waals surface area contributed by atoms with Crippen LogP contribution in [0.25, 0.3) is 0 Å². The van der Waals surface area contributed by atoms with E-state index in [0.717, 1.165) is 24.1 Å². The number of carbonyl (C=O) groups is 3.